The smallest absolute Gasteiger partial charge is 0.348 e. The zero-order valence-electron chi connectivity index (χ0n) is 11.9. The SMILES string of the molecule is O=C(NC1CCN(c2nccs2)CC1)C(F)(F)C(F)(F)C(F)(F)F. The molecule has 1 aromatic rings. The van der Waals surface area contributed by atoms with Crippen LogP contribution >= 0.6 is 11.3 Å². The van der Waals surface area contributed by atoms with Gasteiger partial charge in [0.1, 0.15) is 0 Å². The van der Waals surface area contributed by atoms with Crippen molar-refractivity contribution in [2.75, 3.05) is 18.0 Å². The Hall–Kier alpha value is -1.59. The van der Waals surface area contributed by atoms with Crippen LogP contribution in [0.25, 0.3) is 0 Å². The zero-order chi connectivity index (χ0) is 18.2. The average molecular weight is 379 g/mol. The first-order valence-electron chi connectivity index (χ1n) is 6.74. The summed E-state index contributed by atoms with van der Waals surface area (Å²) in [6.07, 6.45) is -4.71. The van der Waals surface area contributed by atoms with Gasteiger partial charge in [-0.3, -0.25) is 4.79 Å². The predicted molar refractivity (Wildman–Crippen MR) is 71.4 cm³/mol. The molecule has 0 saturated carbocycles. The molecule has 1 N–H and O–H groups in total. The van der Waals surface area contributed by atoms with Crippen molar-refractivity contribution < 1.29 is 35.5 Å². The zero-order valence-corrected chi connectivity index (χ0v) is 12.7. The molecule has 2 rings (SSSR count). The largest absolute Gasteiger partial charge is 0.460 e. The summed E-state index contributed by atoms with van der Waals surface area (Å²) in [4.78, 5) is 17.1. The number of carbonyl (C=O) groups is 1. The van der Waals surface area contributed by atoms with Gasteiger partial charge in [-0.2, -0.15) is 30.7 Å². The number of rotatable bonds is 4. The van der Waals surface area contributed by atoms with Crippen LogP contribution in [0.1, 0.15) is 12.8 Å². The average Bonchev–Trinajstić information content (AvgIpc) is 3.00. The molecule has 0 atom stereocenters. The molecular weight excluding hydrogens is 367 g/mol. The molecule has 12 heteroatoms. The lowest BCUT2D eigenvalue weighted by atomic mass is 10.0. The first-order chi connectivity index (χ1) is 11.0. The number of hydrogen-bond acceptors (Lipinski definition) is 4. The molecule has 0 aromatic carbocycles. The van der Waals surface area contributed by atoms with Crippen molar-refractivity contribution in [1.82, 2.24) is 10.3 Å². The van der Waals surface area contributed by atoms with Crippen LogP contribution in [0.3, 0.4) is 0 Å². The summed E-state index contributed by atoms with van der Waals surface area (Å²) in [5.41, 5.74) is 0. The maximum Gasteiger partial charge on any atom is 0.460 e. The third-order valence-electron chi connectivity index (χ3n) is 3.56. The van der Waals surface area contributed by atoms with Gasteiger partial charge in [0, 0.05) is 30.7 Å². The molecule has 0 radical (unpaired) electrons. The highest BCUT2D eigenvalue weighted by atomic mass is 32.1. The monoisotopic (exact) mass is 379 g/mol. The van der Waals surface area contributed by atoms with E-state index in [2.05, 4.69) is 4.98 Å². The summed E-state index contributed by atoms with van der Waals surface area (Å²) in [6.45, 7) is 0.611. The summed E-state index contributed by atoms with van der Waals surface area (Å²) < 4.78 is 88.3. The third kappa shape index (κ3) is 3.42. The third-order valence-corrected chi connectivity index (χ3v) is 4.39. The van der Waals surface area contributed by atoms with Crippen molar-refractivity contribution in [3.63, 3.8) is 0 Å². The van der Waals surface area contributed by atoms with Gasteiger partial charge >= 0.3 is 18.0 Å². The summed E-state index contributed by atoms with van der Waals surface area (Å²) >= 11 is 1.34. The lowest BCUT2D eigenvalue weighted by molar-refractivity contribution is -0.344. The van der Waals surface area contributed by atoms with E-state index in [1.54, 1.807) is 21.8 Å². The summed E-state index contributed by atoms with van der Waals surface area (Å²) in [5.74, 6) is -14.9. The highest BCUT2D eigenvalue weighted by Gasteiger charge is 2.76. The molecule has 0 aliphatic carbocycles. The van der Waals surface area contributed by atoms with Crippen molar-refractivity contribution in [3.8, 4) is 0 Å². The minimum Gasteiger partial charge on any atom is -0.348 e. The van der Waals surface area contributed by atoms with E-state index < -0.39 is 30.0 Å². The van der Waals surface area contributed by atoms with Gasteiger partial charge in [-0.1, -0.05) is 0 Å². The normalized spacial score (nSPS) is 17.9. The van der Waals surface area contributed by atoms with E-state index in [9.17, 15) is 35.5 Å². The van der Waals surface area contributed by atoms with Crippen molar-refractivity contribution in [2.24, 2.45) is 0 Å². The van der Waals surface area contributed by atoms with E-state index >= 15 is 0 Å². The first kappa shape index (κ1) is 18.7. The van der Waals surface area contributed by atoms with Gasteiger partial charge in [0.15, 0.2) is 5.13 Å². The summed E-state index contributed by atoms with van der Waals surface area (Å²) in [5, 5.41) is 3.99. The molecule has 1 amide bonds. The van der Waals surface area contributed by atoms with Crippen LogP contribution in [0, 0.1) is 0 Å². The van der Waals surface area contributed by atoms with E-state index in [1.165, 1.54) is 11.3 Å². The number of aromatic nitrogens is 1. The second-order valence-electron chi connectivity index (χ2n) is 5.20. The molecule has 136 valence electrons. The molecule has 1 saturated heterocycles. The van der Waals surface area contributed by atoms with Crippen molar-refractivity contribution >= 4 is 22.4 Å². The van der Waals surface area contributed by atoms with Crippen molar-refractivity contribution in [2.45, 2.75) is 36.9 Å². The molecule has 4 nitrogen and oxygen atoms in total. The highest BCUT2D eigenvalue weighted by Crippen LogP contribution is 2.46. The maximum absolute atomic E-state index is 13.2. The Kier molecular flexibility index (Phi) is 4.98. The number of amides is 1. The van der Waals surface area contributed by atoms with Crippen LogP contribution in [-0.4, -0.2) is 48.0 Å². The maximum atomic E-state index is 13.2. The summed E-state index contributed by atoms with van der Waals surface area (Å²) in [7, 11) is 0. The van der Waals surface area contributed by atoms with E-state index in [0.717, 1.165) is 0 Å². The molecule has 0 spiro atoms. The molecule has 0 bridgehead atoms. The fourth-order valence-electron chi connectivity index (χ4n) is 2.18. The van der Waals surface area contributed by atoms with Crippen LogP contribution < -0.4 is 10.2 Å². The van der Waals surface area contributed by atoms with E-state index in [1.807, 2.05) is 0 Å². The Bertz CT molecular complexity index is 568. The Morgan fingerprint density at radius 1 is 1.17 bits per heavy atom. The second-order valence-corrected chi connectivity index (χ2v) is 6.07. The second kappa shape index (κ2) is 6.37. The lowest BCUT2D eigenvalue weighted by Gasteiger charge is -2.34. The van der Waals surface area contributed by atoms with Crippen LogP contribution in [0.4, 0.5) is 35.9 Å². The van der Waals surface area contributed by atoms with E-state index in [4.69, 9.17) is 0 Å². The number of alkyl halides is 7. The number of nitrogens with one attached hydrogen (secondary N) is 1. The predicted octanol–water partition coefficient (Wildman–Crippen LogP) is 3.06. The number of anilines is 1. The van der Waals surface area contributed by atoms with Crippen LogP contribution in [0.15, 0.2) is 11.6 Å². The Morgan fingerprint density at radius 3 is 2.21 bits per heavy atom. The molecule has 1 aliphatic heterocycles. The quantitative estimate of drug-likeness (QED) is 0.818. The minimum absolute atomic E-state index is 0.124. The van der Waals surface area contributed by atoms with Crippen molar-refractivity contribution in [1.29, 1.82) is 0 Å². The van der Waals surface area contributed by atoms with Gasteiger partial charge in [0.25, 0.3) is 5.91 Å². The fourth-order valence-corrected chi connectivity index (χ4v) is 2.88. The molecule has 1 aliphatic rings. The molecule has 0 unspecified atom stereocenters. The molecule has 1 aromatic heterocycles. The molecule has 24 heavy (non-hydrogen) atoms. The molecule has 2 heterocycles. The fraction of sp³-hybridized carbons (Fsp3) is 0.667. The molecular formula is C12H12F7N3OS. The number of hydrogen-bond donors (Lipinski definition) is 1. The highest BCUT2D eigenvalue weighted by molar-refractivity contribution is 7.13. The first-order valence-corrected chi connectivity index (χ1v) is 7.62. The van der Waals surface area contributed by atoms with Gasteiger partial charge in [-0.05, 0) is 12.8 Å². The number of carbonyl (C=O) groups excluding carboxylic acids is 1. The van der Waals surface area contributed by atoms with Crippen molar-refractivity contribution in [3.05, 3.63) is 11.6 Å². The lowest BCUT2D eigenvalue weighted by Crippen LogP contribution is -2.61. The van der Waals surface area contributed by atoms with Gasteiger partial charge < -0.3 is 10.2 Å². The van der Waals surface area contributed by atoms with Gasteiger partial charge in [-0.25, -0.2) is 4.98 Å². The van der Waals surface area contributed by atoms with Crippen LogP contribution in [0.2, 0.25) is 0 Å². The van der Waals surface area contributed by atoms with Crippen LogP contribution in [-0.2, 0) is 4.79 Å². The van der Waals surface area contributed by atoms with Crippen LogP contribution in [0.5, 0.6) is 0 Å². The molecule has 1 fully saturated rings. The number of thiazole rings is 1. The number of piperidine rings is 1. The van der Waals surface area contributed by atoms with Gasteiger partial charge in [0.2, 0.25) is 0 Å². The Balaban J connectivity index is 1.96. The topological polar surface area (TPSA) is 45.2 Å². The van der Waals surface area contributed by atoms with Gasteiger partial charge in [0.05, 0.1) is 0 Å². The number of nitrogens with zero attached hydrogens (tertiary/aromatic N) is 2. The van der Waals surface area contributed by atoms with E-state index in [0.29, 0.717) is 18.2 Å². The number of halogens is 7. The summed E-state index contributed by atoms with van der Waals surface area (Å²) in [6, 6.07) is -0.913. The van der Waals surface area contributed by atoms with E-state index in [-0.39, 0.29) is 12.8 Å². The Labute approximate surface area is 135 Å². The minimum atomic E-state index is -6.53. The Morgan fingerprint density at radius 2 is 1.75 bits per heavy atom. The standard InChI is InChI=1S/C12H12F7N3OS/c13-10(14,11(15,16)12(17,18)19)8(23)21-7-1-4-22(5-2-7)9-20-3-6-24-9/h3,6-7H,1-2,4-5H2,(H,21,23). The van der Waals surface area contributed by atoms with Gasteiger partial charge in [-0.15, -0.1) is 11.3 Å².